The molecule has 1 aliphatic heterocycles. The SMILES string of the molecule is CC1(C)C[C@@](CC#N)(Cc2ccccc2)[C@@H](Cc2ccccc2)CO1. The van der Waals surface area contributed by atoms with Gasteiger partial charge >= 0.3 is 0 Å². The molecule has 0 N–H and O–H groups in total. The number of hydrogen-bond donors (Lipinski definition) is 0. The minimum atomic E-state index is -0.182. The minimum Gasteiger partial charge on any atom is -0.375 e. The second-order valence-electron chi connectivity index (χ2n) is 7.99. The summed E-state index contributed by atoms with van der Waals surface area (Å²) in [7, 11) is 0. The van der Waals surface area contributed by atoms with Crippen molar-refractivity contribution < 1.29 is 4.74 Å². The van der Waals surface area contributed by atoms with E-state index in [0.29, 0.717) is 12.3 Å². The molecule has 0 aromatic heterocycles. The maximum atomic E-state index is 9.62. The topological polar surface area (TPSA) is 33.0 Å². The Morgan fingerprint density at radius 1 is 1.00 bits per heavy atom. The van der Waals surface area contributed by atoms with E-state index in [0.717, 1.165) is 25.9 Å². The van der Waals surface area contributed by atoms with Crippen molar-refractivity contribution in [3.05, 3.63) is 71.8 Å². The quantitative estimate of drug-likeness (QED) is 0.754. The Kier molecular flexibility index (Phi) is 5.25. The summed E-state index contributed by atoms with van der Waals surface area (Å²) >= 11 is 0. The van der Waals surface area contributed by atoms with Crippen molar-refractivity contribution in [2.24, 2.45) is 11.3 Å². The molecule has 0 amide bonds. The number of nitrogens with zero attached hydrogens (tertiary/aromatic N) is 1. The van der Waals surface area contributed by atoms with Crippen LogP contribution in [0.4, 0.5) is 0 Å². The third kappa shape index (κ3) is 4.30. The van der Waals surface area contributed by atoms with Crippen molar-refractivity contribution in [1.82, 2.24) is 0 Å². The maximum Gasteiger partial charge on any atom is 0.0632 e. The minimum absolute atomic E-state index is 0.0479. The van der Waals surface area contributed by atoms with Crippen LogP contribution in [-0.4, -0.2) is 12.2 Å². The molecule has 0 saturated carbocycles. The molecule has 0 spiro atoms. The fourth-order valence-electron chi connectivity index (χ4n) is 4.36. The van der Waals surface area contributed by atoms with Crippen LogP contribution in [0.15, 0.2) is 60.7 Å². The standard InChI is InChI=1S/C23H27NO/c1-22(2)18-23(13-14-24,16-20-11-7-4-8-12-20)21(17-25-22)15-19-9-5-3-6-10-19/h3-12,21H,13,15-18H2,1-2H3/t21-,23+/m0/s1. The van der Waals surface area contributed by atoms with Crippen LogP contribution in [-0.2, 0) is 17.6 Å². The van der Waals surface area contributed by atoms with Crippen LogP contribution in [0, 0.1) is 22.7 Å². The van der Waals surface area contributed by atoms with Crippen LogP contribution in [0.3, 0.4) is 0 Å². The Morgan fingerprint density at radius 3 is 2.20 bits per heavy atom. The predicted octanol–water partition coefficient (Wildman–Crippen LogP) is 5.19. The molecule has 3 rings (SSSR count). The number of rotatable bonds is 5. The summed E-state index contributed by atoms with van der Waals surface area (Å²) in [6, 6.07) is 23.7. The van der Waals surface area contributed by atoms with Gasteiger partial charge in [-0.2, -0.15) is 5.26 Å². The third-order valence-electron chi connectivity index (χ3n) is 5.47. The summed E-state index contributed by atoms with van der Waals surface area (Å²) in [5.74, 6) is 0.350. The molecule has 2 aromatic carbocycles. The van der Waals surface area contributed by atoms with E-state index in [1.165, 1.54) is 11.1 Å². The summed E-state index contributed by atoms with van der Waals surface area (Å²) in [4.78, 5) is 0. The normalized spacial score (nSPS) is 25.2. The summed E-state index contributed by atoms with van der Waals surface area (Å²) in [6.07, 6.45) is 3.39. The Hall–Kier alpha value is -2.11. The van der Waals surface area contributed by atoms with Crippen LogP contribution in [0.5, 0.6) is 0 Å². The summed E-state index contributed by atoms with van der Waals surface area (Å²) in [5.41, 5.74) is 2.41. The van der Waals surface area contributed by atoms with Gasteiger partial charge in [-0.3, -0.25) is 0 Å². The molecule has 1 fully saturated rings. The van der Waals surface area contributed by atoms with Crippen molar-refractivity contribution >= 4 is 0 Å². The zero-order valence-electron chi connectivity index (χ0n) is 15.2. The number of hydrogen-bond acceptors (Lipinski definition) is 2. The molecule has 25 heavy (non-hydrogen) atoms. The smallest absolute Gasteiger partial charge is 0.0632 e. The molecule has 0 unspecified atom stereocenters. The number of ether oxygens (including phenoxy) is 1. The molecular formula is C23H27NO. The van der Waals surface area contributed by atoms with Gasteiger partial charge in [-0.1, -0.05) is 60.7 Å². The lowest BCUT2D eigenvalue weighted by molar-refractivity contribution is -0.139. The fraction of sp³-hybridized carbons (Fsp3) is 0.435. The van der Waals surface area contributed by atoms with E-state index in [-0.39, 0.29) is 11.0 Å². The molecular weight excluding hydrogens is 306 g/mol. The Balaban J connectivity index is 1.93. The lowest BCUT2D eigenvalue weighted by atomic mass is 9.61. The van der Waals surface area contributed by atoms with E-state index in [1.807, 2.05) is 0 Å². The first-order chi connectivity index (χ1) is 12.0. The highest BCUT2D eigenvalue weighted by Crippen LogP contribution is 2.48. The molecule has 2 atom stereocenters. The lowest BCUT2D eigenvalue weighted by Crippen LogP contribution is -2.49. The Morgan fingerprint density at radius 2 is 1.60 bits per heavy atom. The summed E-state index contributed by atoms with van der Waals surface area (Å²) in [6.45, 7) is 5.03. The maximum absolute atomic E-state index is 9.62. The second kappa shape index (κ2) is 7.42. The van der Waals surface area contributed by atoms with Crippen molar-refractivity contribution in [2.45, 2.75) is 45.1 Å². The highest BCUT2D eigenvalue weighted by Gasteiger charge is 2.47. The first-order valence-electron chi connectivity index (χ1n) is 9.12. The van der Waals surface area contributed by atoms with Crippen LogP contribution in [0.25, 0.3) is 0 Å². The lowest BCUT2D eigenvalue weighted by Gasteiger charge is -2.49. The van der Waals surface area contributed by atoms with E-state index in [4.69, 9.17) is 4.74 Å². The Bertz CT molecular complexity index is 717. The third-order valence-corrected chi connectivity index (χ3v) is 5.47. The van der Waals surface area contributed by atoms with Crippen LogP contribution in [0.2, 0.25) is 0 Å². The molecule has 0 aliphatic carbocycles. The highest BCUT2D eigenvalue weighted by molar-refractivity contribution is 5.21. The summed E-state index contributed by atoms with van der Waals surface area (Å²) in [5, 5.41) is 9.62. The van der Waals surface area contributed by atoms with Gasteiger partial charge in [0, 0.05) is 6.42 Å². The van der Waals surface area contributed by atoms with Gasteiger partial charge in [0.15, 0.2) is 0 Å². The van der Waals surface area contributed by atoms with E-state index >= 15 is 0 Å². The van der Waals surface area contributed by atoms with Gasteiger partial charge in [0.25, 0.3) is 0 Å². The van der Waals surface area contributed by atoms with Crippen LogP contribution < -0.4 is 0 Å². The van der Waals surface area contributed by atoms with Crippen molar-refractivity contribution in [1.29, 1.82) is 5.26 Å². The van der Waals surface area contributed by atoms with Crippen molar-refractivity contribution in [2.75, 3.05) is 6.61 Å². The molecule has 1 saturated heterocycles. The van der Waals surface area contributed by atoms with Crippen LogP contribution >= 0.6 is 0 Å². The van der Waals surface area contributed by atoms with E-state index < -0.39 is 0 Å². The zero-order chi connectivity index (χ0) is 17.8. The molecule has 130 valence electrons. The van der Waals surface area contributed by atoms with E-state index in [1.54, 1.807) is 0 Å². The van der Waals surface area contributed by atoms with Gasteiger partial charge in [0.1, 0.15) is 0 Å². The molecule has 2 nitrogen and oxygen atoms in total. The summed E-state index contributed by atoms with van der Waals surface area (Å²) < 4.78 is 6.18. The highest BCUT2D eigenvalue weighted by atomic mass is 16.5. The predicted molar refractivity (Wildman–Crippen MR) is 101 cm³/mol. The molecule has 0 bridgehead atoms. The van der Waals surface area contributed by atoms with E-state index in [9.17, 15) is 5.26 Å². The van der Waals surface area contributed by atoms with Gasteiger partial charge in [-0.15, -0.1) is 0 Å². The van der Waals surface area contributed by atoms with Gasteiger partial charge < -0.3 is 4.74 Å². The first-order valence-corrected chi connectivity index (χ1v) is 9.12. The van der Waals surface area contributed by atoms with Gasteiger partial charge in [-0.25, -0.2) is 0 Å². The zero-order valence-corrected chi connectivity index (χ0v) is 15.2. The number of benzene rings is 2. The molecule has 2 heteroatoms. The molecule has 2 aromatic rings. The largest absolute Gasteiger partial charge is 0.375 e. The average molecular weight is 333 g/mol. The van der Waals surface area contributed by atoms with Crippen molar-refractivity contribution in [3.63, 3.8) is 0 Å². The van der Waals surface area contributed by atoms with Crippen LogP contribution in [0.1, 0.15) is 37.8 Å². The fourth-order valence-corrected chi connectivity index (χ4v) is 4.36. The molecule has 0 radical (unpaired) electrons. The molecule has 1 heterocycles. The second-order valence-corrected chi connectivity index (χ2v) is 7.99. The number of nitriles is 1. The van der Waals surface area contributed by atoms with E-state index in [2.05, 4.69) is 80.6 Å². The first kappa shape index (κ1) is 17.7. The monoisotopic (exact) mass is 333 g/mol. The van der Waals surface area contributed by atoms with Gasteiger partial charge in [0.2, 0.25) is 0 Å². The Labute approximate surface area is 151 Å². The van der Waals surface area contributed by atoms with Gasteiger partial charge in [0.05, 0.1) is 18.3 Å². The van der Waals surface area contributed by atoms with Crippen molar-refractivity contribution in [3.8, 4) is 6.07 Å². The molecule has 1 aliphatic rings. The van der Waals surface area contributed by atoms with Gasteiger partial charge in [-0.05, 0) is 55.6 Å². The average Bonchev–Trinajstić information content (AvgIpc) is 2.59.